The number of hydrogen-bond donors (Lipinski definition) is 3. The van der Waals surface area contributed by atoms with Gasteiger partial charge in [-0.25, -0.2) is 0 Å². The van der Waals surface area contributed by atoms with Crippen LogP contribution in [-0.4, -0.2) is 51.7 Å². The molecule has 4 rings (SSSR count). The summed E-state index contributed by atoms with van der Waals surface area (Å²) in [5.41, 5.74) is -1.55. The van der Waals surface area contributed by atoms with Crippen molar-refractivity contribution in [2.24, 2.45) is 29.1 Å². The highest BCUT2D eigenvalue weighted by Crippen LogP contribution is 2.58. The first-order valence-corrected chi connectivity index (χ1v) is 12.9. The van der Waals surface area contributed by atoms with Crippen molar-refractivity contribution in [1.29, 1.82) is 0 Å². The van der Waals surface area contributed by atoms with Gasteiger partial charge >= 0.3 is 5.97 Å². The topological polar surface area (TPSA) is 113 Å². The van der Waals surface area contributed by atoms with E-state index in [1.807, 2.05) is 37.3 Å². The molecule has 1 aromatic rings. The van der Waals surface area contributed by atoms with Gasteiger partial charge < -0.3 is 20.3 Å². The van der Waals surface area contributed by atoms with Crippen molar-refractivity contribution in [3.63, 3.8) is 0 Å². The van der Waals surface area contributed by atoms with Crippen molar-refractivity contribution in [3.05, 3.63) is 72.4 Å². The fourth-order valence-electron chi connectivity index (χ4n) is 6.68. The van der Waals surface area contributed by atoms with Crippen molar-refractivity contribution in [2.75, 3.05) is 0 Å². The molecule has 9 atom stereocenters. The molecule has 7 heteroatoms. The molecule has 3 aliphatic rings. The van der Waals surface area contributed by atoms with Crippen LogP contribution in [0.15, 0.2) is 66.8 Å². The fraction of sp³-hybridized carbons (Fsp3) is 0.500. The second kappa shape index (κ2) is 10.0. The zero-order valence-electron chi connectivity index (χ0n) is 21.9. The maximum absolute atomic E-state index is 14.2. The molecule has 1 spiro atoms. The van der Waals surface area contributed by atoms with Gasteiger partial charge in [-0.15, -0.1) is 0 Å². The maximum atomic E-state index is 14.2. The van der Waals surface area contributed by atoms with Crippen LogP contribution < -0.4 is 5.32 Å². The highest BCUT2D eigenvalue weighted by atomic mass is 16.5. The molecule has 1 aliphatic heterocycles. The van der Waals surface area contributed by atoms with Crippen molar-refractivity contribution >= 4 is 17.7 Å². The Kier molecular flexibility index (Phi) is 7.32. The predicted octanol–water partition coefficient (Wildman–Crippen LogP) is 2.92. The van der Waals surface area contributed by atoms with E-state index in [4.69, 9.17) is 4.74 Å². The standard InChI is InChI=1S/C30H37NO6/c1-17-10-9-13-22-26(33)19(3)18(2)25-23(16-21-11-7-6-8-12-21)31-28(35)30(22,25)24(37-20(4)32)14-15-29(5,36)27(17)34/h6-9,11-15,17-18,22-26,33,36H,3,10,16H2,1-2,4-5H3,(H,31,35)/b13-9+,15-14+/t17-,18?,22-,23-,24?,25?,26+,29+,30?/m0/s1. The number of aliphatic hydroxyl groups is 2. The molecular formula is C30H37NO6. The lowest BCUT2D eigenvalue weighted by Crippen LogP contribution is -2.60. The summed E-state index contributed by atoms with van der Waals surface area (Å²) in [6.07, 6.45) is 5.01. The zero-order valence-corrected chi connectivity index (χ0v) is 21.9. The number of allylic oxidation sites excluding steroid dienone is 1. The summed E-state index contributed by atoms with van der Waals surface area (Å²) < 4.78 is 5.81. The molecule has 0 radical (unpaired) electrons. The lowest BCUT2D eigenvalue weighted by Gasteiger charge is -2.52. The quantitative estimate of drug-likeness (QED) is 0.428. The number of benzene rings is 1. The van der Waals surface area contributed by atoms with Crippen molar-refractivity contribution in [1.82, 2.24) is 5.32 Å². The van der Waals surface area contributed by atoms with Gasteiger partial charge in [-0.1, -0.05) is 62.9 Å². The summed E-state index contributed by atoms with van der Waals surface area (Å²) in [5, 5.41) is 25.7. The normalized spacial score (nSPS) is 41.6. The van der Waals surface area contributed by atoms with Gasteiger partial charge in [0.25, 0.3) is 0 Å². The Bertz CT molecular complexity index is 1140. The van der Waals surface area contributed by atoms with E-state index in [1.54, 1.807) is 19.1 Å². The molecule has 7 nitrogen and oxygen atoms in total. The predicted molar refractivity (Wildman–Crippen MR) is 139 cm³/mol. The van der Waals surface area contributed by atoms with Gasteiger partial charge in [0.1, 0.15) is 17.1 Å². The molecule has 1 saturated heterocycles. The van der Waals surface area contributed by atoms with Crippen LogP contribution in [0.4, 0.5) is 0 Å². The Labute approximate surface area is 218 Å². The van der Waals surface area contributed by atoms with Gasteiger partial charge in [0.05, 0.1) is 6.10 Å². The first-order valence-electron chi connectivity index (χ1n) is 12.9. The van der Waals surface area contributed by atoms with E-state index in [2.05, 4.69) is 11.9 Å². The molecule has 0 bridgehead atoms. The number of carbonyl (C=O) groups excluding carboxylic acids is 3. The van der Waals surface area contributed by atoms with Gasteiger partial charge in [-0.3, -0.25) is 14.4 Å². The Balaban J connectivity index is 1.94. The number of amides is 1. The molecule has 3 N–H and O–H groups in total. The van der Waals surface area contributed by atoms with E-state index in [9.17, 15) is 24.6 Å². The number of hydrogen-bond acceptors (Lipinski definition) is 6. The minimum Gasteiger partial charge on any atom is -0.457 e. The van der Waals surface area contributed by atoms with E-state index >= 15 is 0 Å². The zero-order chi connectivity index (χ0) is 27.1. The third-order valence-corrected chi connectivity index (χ3v) is 8.53. The minimum absolute atomic E-state index is 0.287. The third kappa shape index (κ3) is 4.59. The van der Waals surface area contributed by atoms with Gasteiger partial charge in [-0.05, 0) is 49.0 Å². The molecule has 198 valence electrons. The summed E-state index contributed by atoms with van der Waals surface area (Å²) in [6.45, 7) is 10.5. The molecule has 1 aromatic carbocycles. The van der Waals surface area contributed by atoms with Gasteiger partial charge in [0.2, 0.25) is 5.91 Å². The molecule has 2 aliphatic carbocycles. The molecule has 4 unspecified atom stereocenters. The van der Waals surface area contributed by atoms with Crippen LogP contribution in [0.5, 0.6) is 0 Å². The van der Waals surface area contributed by atoms with Gasteiger partial charge in [0, 0.05) is 30.7 Å². The van der Waals surface area contributed by atoms with Crippen LogP contribution in [0.1, 0.15) is 39.7 Å². The molecule has 2 fully saturated rings. The third-order valence-electron chi connectivity index (χ3n) is 8.53. The highest BCUT2D eigenvalue weighted by Gasteiger charge is 2.68. The molecule has 37 heavy (non-hydrogen) atoms. The van der Waals surface area contributed by atoms with E-state index in [-0.39, 0.29) is 23.7 Å². The van der Waals surface area contributed by atoms with Gasteiger partial charge in [0.15, 0.2) is 5.78 Å². The molecule has 0 aromatic heterocycles. The van der Waals surface area contributed by atoms with E-state index in [1.165, 1.54) is 26.0 Å². The number of ether oxygens (including phenoxy) is 1. The van der Waals surface area contributed by atoms with Crippen LogP contribution in [0.2, 0.25) is 0 Å². The minimum atomic E-state index is -1.82. The highest BCUT2D eigenvalue weighted by molar-refractivity contribution is 5.91. The average molecular weight is 508 g/mol. The van der Waals surface area contributed by atoms with E-state index in [0.29, 0.717) is 18.4 Å². The fourth-order valence-corrected chi connectivity index (χ4v) is 6.68. The van der Waals surface area contributed by atoms with E-state index < -0.39 is 46.9 Å². The van der Waals surface area contributed by atoms with Crippen LogP contribution in [0, 0.1) is 29.1 Å². The lowest BCUT2D eigenvalue weighted by atomic mass is 9.51. The second-order valence-electron chi connectivity index (χ2n) is 11.0. The van der Waals surface area contributed by atoms with Crippen LogP contribution >= 0.6 is 0 Å². The Morgan fingerprint density at radius 2 is 1.86 bits per heavy atom. The summed E-state index contributed by atoms with van der Waals surface area (Å²) in [5.74, 6) is -3.26. The number of aliphatic hydroxyl groups excluding tert-OH is 1. The number of ketones is 1. The summed E-state index contributed by atoms with van der Waals surface area (Å²) in [6, 6.07) is 9.49. The van der Waals surface area contributed by atoms with Crippen molar-refractivity contribution in [2.45, 2.75) is 64.4 Å². The Hall–Kier alpha value is -3.03. The van der Waals surface area contributed by atoms with Crippen molar-refractivity contribution < 1.29 is 29.3 Å². The number of rotatable bonds is 3. The Morgan fingerprint density at radius 3 is 2.51 bits per heavy atom. The first-order chi connectivity index (χ1) is 17.4. The molecule has 1 heterocycles. The maximum Gasteiger partial charge on any atom is 0.303 e. The summed E-state index contributed by atoms with van der Waals surface area (Å²) >= 11 is 0. The van der Waals surface area contributed by atoms with E-state index in [0.717, 1.165) is 5.56 Å². The first kappa shape index (κ1) is 27.0. The SMILES string of the molecule is C=C1C(C)C2[C@H](Cc3ccccc3)NC(=O)C23C(OC(C)=O)/C=C/[C@@](C)(O)C(=O)[C@@H](C)C/C=C/[C@H]3[C@@H]1O. The van der Waals surface area contributed by atoms with Gasteiger partial charge in [-0.2, -0.15) is 0 Å². The average Bonchev–Trinajstić information content (AvgIpc) is 3.13. The van der Waals surface area contributed by atoms with Crippen LogP contribution in [0.25, 0.3) is 0 Å². The van der Waals surface area contributed by atoms with Crippen LogP contribution in [0.3, 0.4) is 0 Å². The summed E-state index contributed by atoms with van der Waals surface area (Å²) in [7, 11) is 0. The second-order valence-corrected chi connectivity index (χ2v) is 11.0. The summed E-state index contributed by atoms with van der Waals surface area (Å²) in [4.78, 5) is 39.5. The number of Topliss-reactive ketones (excluding diaryl/α,β-unsaturated/α-hetero) is 1. The molecule has 1 saturated carbocycles. The largest absolute Gasteiger partial charge is 0.457 e. The number of nitrogens with one attached hydrogen (secondary N) is 1. The lowest BCUT2D eigenvalue weighted by molar-refractivity contribution is -0.166. The monoisotopic (exact) mass is 507 g/mol. The van der Waals surface area contributed by atoms with Crippen LogP contribution in [-0.2, 0) is 25.5 Å². The molecular weight excluding hydrogens is 470 g/mol. The van der Waals surface area contributed by atoms with Crippen molar-refractivity contribution in [3.8, 4) is 0 Å². The molecule has 1 amide bonds. The number of esters is 1. The number of carbonyl (C=O) groups is 3. The Morgan fingerprint density at radius 1 is 1.19 bits per heavy atom. The smallest absolute Gasteiger partial charge is 0.303 e.